The fourth-order valence-electron chi connectivity index (χ4n) is 2.61. The second kappa shape index (κ2) is 6.69. The van der Waals surface area contributed by atoms with Gasteiger partial charge in [0.15, 0.2) is 0 Å². The summed E-state index contributed by atoms with van der Waals surface area (Å²) < 4.78 is 13.2. The van der Waals surface area contributed by atoms with Gasteiger partial charge in [-0.25, -0.2) is 4.39 Å². The maximum absolute atomic E-state index is 13.2. The number of nitriles is 1. The van der Waals surface area contributed by atoms with Gasteiger partial charge in [0, 0.05) is 32.2 Å². The van der Waals surface area contributed by atoms with Crippen molar-refractivity contribution in [2.75, 3.05) is 37.7 Å². The smallest absolute Gasteiger partial charge is 0.124 e. The van der Waals surface area contributed by atoms with Gasteiger partial charge in [-0.3, -0.25) is 4.90 Å². The largest absolute Gasteiger partial charge is 0.395 e. The molecular formula is C15H20FN3O. The Kier molecular flexibility index (Phi) is 4.94. The Hall–Kier alpha value is -1.64. The van der Waals surface area contributed by atoms with Crippen LogP contribution in [0.2, 0.25) is 0 Å². The van der Waals surface area contributed by atoms with Crippen molar-refractivity contribution in [3.8, 4) is 6.07 Å². The molecule has 0 spiro atoms. The Morgan fingerprint density at radius 2 is 2.15 bits per heavy atom. The Morgan fingerprint density at radius 1 is 1.35 bits per heavy atom. The van der Waals surface area contributed by atoms with Crippen LogP contribution >= 0.6 is 0 Å². The maximum Gasteiger partial charge on any atom is 0.124 e. The molecule has 1 aromatic rings. The van der Waals surface area contributed by atoms with E-state index in [1.165, 1.54) is 12.1 Å². The zero-order valence-electron chi connectivity index (χ0n) is 11.7. The van der Waals surface area contributed by atoms with Gasteiger partial charge >= 0.3 is 0 Å². The molecule has 2 rings (SSSR count). The molecule has 1 fully saturated rings. The van der Waals surface area contributed by atoms with Gasteiger partial charge in [-0.15, -0.1) is 0 Å². The van der Waals surface area contributed by atoms with Crippen molar-refractivity contribution in [1.82, 2.24) is 4.90 Å². The van der Waals surface area contributed by atoms with Crippen LogP contribution in [0.4, 0.5) is 10.1 Å². The van der Waals surface area contributed by atoms with E-state index in [-0.39, 0.29) is 18.5 Å². The first kappa shape index (κ1) is 14.8. The summed E-state index contributed by atoms with van der Waals surface area (Å²) >= 11 is 0. The molecule has 1 N–H and O–H groups in total. The number of hydrogen-bond acceptors (Lipinski definition) is 4. The number of aliphatic hydroxyl groups excluding tert-OH is 1. The summed E-state index contributed by atoms with van der Waals surface area (Å²) in [4.78, 5) is 4.37. The molecule has 0 bridgehead atoms. The third-order valence-electron chi connectivity index (χ3n) is 3.84. The Balaban J connectivity index is 2.13. The van der Waals surface area contributed by atoms with E-state index >= 15 is 0 Å². The van der Waals surface area contributed by atoms with Crippen molar-refractivity contribution in [2.24, 2.45) is 0 Å². The summed E-state index contributed by atoms with van der Waals surface area (Å²) in [5.74, 6) is -0.379. The molecule has 20 heavy (non-hydrogen) atoms. The molecule has 1 aliphatic heterocycles. The molecule has 0 unspecified atom stereocenters. The molecule has 1 saturated heterocycles. The van der Waals surface area contributed by atoms with E-state index in [0.29, 0.717) is 5.56 Å². The lowest BCUT2D eigenvalue weighted by atomic mass is 10.1. The van der Waals surface area contributed by atoms with Gasteiger partial charge in [-0.1, -0.05) is 0 Å². The van der Waals surface area contributed by atoms with Crippen LogP contribution in [0, 0.1) is 17.1 Å². The molecule has 5 heteroatoms. The first-order chi connectivity index (χ1) is 9.65. The summed E-state index contributed by atoms with van der Waals surface area (Å²) in [5.41, 5.74) is 1.18. The van der Waals surface area contributed by atoms with E-state index in [2.05, 4.69) is 15.9 Å². The summed E-state index contributed by atoms with van der Waals surface area (Å²) in [6.07, 6.45) is 0.965. The van der Waals surface area contributed by atoms with Gasteiger partial charge in [-0.2, -0.15) is 5.26 Å². The van der Waals surface area contributed by atoms with Gasteiger partial charge in [0.2, 0.25) is 0 Å². The van der Waals surface area contributed by atoms with Crippen molar-refractivity contribution in [2.45, 2.75) is 19.4 Å². The number of rotatable bonds is 3. The van der Waals surface area contributed by atoms with Crippen LogP contribution < -0.4 is 4.90 Å². The molecule has 1 heterocycles. The highest BCUT2D eigenvalue weighted by atomic mass is 19.1. The SMILES string of the molecule is C[C@H](CO)N1CCCN(c2ccc(F)cc2C#N)CC1. The zero-order chi connectivity index (χ0) is 14.5. The first-order valence-electron chi connectivity index (χ1n) is 6.95. The number of anilines is 1. The highest BCUT2D eigenvalue weighted by Gasteiger charge is 2.20. The lowest BCUT2D eigenvalue weighted by Crippen LogP contribution is -2.38. The highest BCUT2D eigenvalue weighted by molar-refractivity contribution is 5.59. The molecule has 1 aromatic carbocycles. The molecule has 0 aliphatic carbocycles. The fraction of sp³-hybridized carbons (Fsp3) is 0.533. The fourth-order valence-corrected chi connectivity index (χ4v) is 2.61. The summed E-state index contributed by atoms with van der Waals surface area (Å²) in [6, 6.07) is 6.58. The molecule has 0 saturated carbocycles. The van der Waals surface area contributed by atoms with Gasteiger partial charge in [0.1, 0.15) is 11.9 Å². The van der Waals surface area contributed by atoms with Gasteiger partial charge in [-0.05, 0) is 31.5 Å². The van der Waals surface area contributed by atoms with E-state index in [9.17, 15) is 9.50 Å². The van der Waals surface area contributed by atoms with Crippen molar-refractivity contribution < 1.29 is 9.50 Å². The van der Waals surface area contributed by atoms with Gasteiger partial charge in [0.05, 0.1) is 17.9 Å². The molecule has 0 amide bonds. The van der Waals surface area contributed by atoms with Crippen LogP contribution in [-0.4, -0.2) is 48.8 Å². The van der Waals surface area contributed by atoms with E-state index in [1.807, 2.05) is 6.92 Å². The molecule has 108 valence electrons. The van der Waals surface area contributed by atoms with Crippen LogP contribution in [0.5, 0.6) is 0 Å². The number of hydrogen-bond donors (Lipinski definition) is 1. The summed E-state index contributed by atoms with van der Waals surface area (Å²) in [6.45, 7) is 5.55. The average Bonchev–Trinajstić information content (AvgIpc) is 2.72. The predicted molar refractivity (Wildman–Crippen MR) is 76.1 cm³/mol. The van der Waals surface area contributed by atoms with Crippen molar-refractivity contribution in [3.05, 3.63) is 29.6 Å². The second-order valence-corrected chi connectivity index (χ2v) is 5.18. The van der Waals surface area contributed by atoms with Crippen LogP contribution in [0.3, 0.4) is 0 Å². The minimum absolute atomic E-state index is 0.151. The third-order valence-corrected chi connectivity index (χ3v) is 3.84. The molecule has 1 aliphatic rings. The molecule has 4 nitrogen and oxygen atoms in total. The van der Waals surface area contributed by atoms with Gasteiger partial charge in [0.25, 0.3) is 0 Å². The lowest BCUT2D eigenvalue weighted by Gasteiger charge is -2.27. The monoisotopic (exact) mass is 277 g/mol. The van der Waals surface area contributed by atoms with Crippen molar-refractivity contribution in [3.63, 3.8) is 0 Å². The second-order valence-electron chi connectivity index (χ2n) is 5.18. The van der Waals surface area contributed by atoms with Crippen LogP contribution in [0.15, 0.2) is 18.2 Å². The summed E-state index contributed by atoms with van der Waals surface area (Å²) in [7, 11) is 0. The molecule has 1 atom stereocenters. The van der Waals surface area contributed by atoms with E-state index in [0.717, 1.165) is 38.3 Å². The highest BCUT2D eigenvalue weighted by Crippen LogP contribution is 2.22. The zero-order valence-corrected chi connectivity index (χ0v) is 11.7. The number of benzene rings is 1. The minimum Gasteiger partial charge on any atom is -0.395 e. The molecular weight excluding hydrogens is 257 g/mol. The Bertz CT molecular complexity index is 500. The van der Waals surface area contributed by atoms with Gasteiger partial charge < -0.3 is 10.0 Å². The van der Waals surface area contributed by atoms with Crippen LogP contribution in [0.1, 0.15) is 18.9 Å². The van der Waals surface area contributed by atoms with Crippen LogP contribution in [-0.2, 0) is 0 Å². The Morgan fingerprint density at radius 3 is 2.85 bits per heavy atom. The van der Waals surface area contributed by atoms with Crippen molar-refractivity contribution in [1.29, 1.82) is 5.26 Å². The van der Waals surface area contributed by atoms with E-state index in [4.69, 9.17) is 5.26 Å². The normalized spacial score (nSPS) is 18.4. The lowest BCUT2D eigenvalue weighted by molar-refractivity contribution is 0.141. The average molecular weight is 277 g/mol. The first-order valence-corrected chi connectivity index (χ1v) is 6.95. The minimum atomic E-state index is -0.379. The predicted octanol–water partition coefficient (Wildman–Crippen LogP) is 1.59. The Labute approximate surface area is 119 Å². The molecule has 0 radical (unpaired) electrons. The topological polar surface area (TPSA) is 50.5 Å². The van der Waals surface area contributed by atoms with E-state index < -0.39 is 0 Å². The number of aliphatic hydroxyl groups is 1. The maximum atomic E-state index is 13.2. The number of halogens is 1. The van der Waals surface area contributed by atoms with Crippen molar-refractivity contribution >= 4 is 5.69 Å². The summed E-state index contributed by atoms with van der Waals surface area (Å²) in [5, 5.41) is 18.4. The molecule has 0 aromatic heterocycles. The third kappa shape index (κ3) is 3.27. The number of nitrogens with zero attached hydrogens (tertiary/aromatic N) is 3. The van der Waals surface area contributed by atoms with E-state index in [1.54, 1.807) is 6.07 Å². The van der Waals surface area contributed by atoms with Crippen LogP contribution in [0.25, 0.3) is 0 Å². The quantitative estimate of drug-likeness (QED) is 0.911. The standard InChI is InChI=1S/C15H20FN3O/c1-12(11-20)18-5-2-6-19(8-7-18)15-4-3-14(16)9-13(15)10-17/h3-4,9,12,20H,2,5-8,11H2,1H3/t12-/m1/s1.